The summed E-state index contributed by atoms with van der Waals surface area (Å²) in [6, 6.07) is 7.77. The highest BCUT2D eigenvalue weighted by atomic mass is 16.6. The van der Waals surface area contributed by atoms with Crippen LogP contribution in [0.4, 0.5) is 4.79 Å². The Balaban J connectivity index is 1.87. The number of hydrogen-bond donors (Lipinski definition) is 2. The number of amides is 3. The Morgan fingerprint density at radius 2 is 1.79 bits per heavy atom. The maximum atomic E-state index is 12.7. The molecular weight excluding hydrogens is 438 g/mol. The summed E-state index contributed by atoms with van der Waals surface area (Å²) in [5.74, 6) is -1.31. The fraction of sp³-hybridized carbons (Fsp3) is 0.600. The van der Waals surface area contributed by atoms with Gasteiger partial charge in [-0.25, -0.2) is 9.59 Å². The van der Waals surface area contributed by atoms with Crippen molar-refractivity contribution in [3.05, 3.63) is 35.9 Å². The Labute approximate surface area is 201 Å². The van der Waals surface area contributed by atoms with E-state index < -0.39 is 41.6 Å². The Bertz CT molecular complexity index is 850. The maximum absolute atomic E-state index is 12.7. The lowest BCUT2D eigenvalue weighted by atomic mass is 10.0. The standard InChI is InChI=1S/C25H37N3O6/c1-17(2)14-19(23(31)33-16-18-10-7-6-8-11-18)27-21(29)15-26-22(30)20-12-9-13-28(20)24(32)34-25(3,4)5/h6-8,10-11,17,19-20H,9,12-16H2,1-5H3,(H,26,30)(H,27,29)/t19-,20+/m1/s1. The van der Waals surface area contributed by atoms with Gasteiger partial charge in [0, 0.05) is 6.54 Å². The molecule has 1 aliphatic rings. The van der Waals surface area contributed by atoms with Crippen molar-refractivity contribution >= 4 is 23.9 Å². The number of hydrogen-bond acceptors (Lipinski definition) is 6. The minimum Gasteiger partial charge on any atom is -0.459 e. The first-order valence-electron chi connectivity index (χ1n) is 11.7. The summed E-state index contributed by atoms with van der Waals surface area (Å²) in [6.07, 6.45) is 1.03. The first kappa shape index (κ1) is 27.1. The molecule has 0 radical (unpaired) electrons. The summed E-state index contributed by atoms with van der Waals surface area (Å²) in [4.78, 5) is 51.5. The van der Waals surface area contributed by atoms with Crippen molar-refractivity contribution in [2.24, 2.45) is 5.92 Å². The van der Waals surface area contributed by atoms with Gasteiger partial charge in [0.25, 0.3) is 0 Å². The van der Waals surface area contributed by atoms with Crippen molar-refractivity contribution in [1.29, 1.82) is 0 Å². The average Bonchev–Trinajstić information content (AvgIpc) is 3.25. The molecule has 1 saturated heterocycles. The fourth-order valence-electron chi connectivity index (χ4n) is 3.62. The quantitative estimate of drug-likeness (QED) is 0.531. The maximum Gasteiger partial charge on any atom is 0.410 e. The van der Waals surface area contributed by atoms with Crippen molar-refractivity contribution in [2.45, 2.75) is 78.2 Å². The fourth-order valence-corrected chi connectivity index (χ4v) is 3.62. The van der Waals surface area contributed by atoms with Gasteiger partial charge in [0.2, 0.25) is 11.8 Å². The molecule has 9 heteroatoms. The normalized spacial score (nSPS) is 16.6. The molecule has 2 rings (SSSR count). The van der Waals surface area contributed by atoms with E-state index in [1.54, 1.807) is 20.8 Å². The van der Waals surface area contributed by atoms with E-state index in [0.717, 1.165) is 5.56 Å². The molecular formula is C25H37N3O6. The Morgan fingerprint density at radius 1 is 1.12 bits per heavy atom. The van der Waals surface area contributed by atoms with Crippen molar-refractivity contribution < 1.29 is 28.7 Å². The van der Waals surface area contributed by atoms with E-state index in [4.69, 9.17) is 9.47 Å². The molecule has 0 aliphatic carbocycles. The zero-order valence-electron chi connectivity index (χ0n) is 20.8. The third-order valence-corrected chi connectivity index (χ3v) is 5.16. The van der Waals surface area contributed by atoms with E-state index >= 15 is 0 Å². The van der Waals surface area contributed by atoms with Gasteiger partial charge in [0.15, 0.2) is 0 Å². The summed E-state index contributed by atoms with van der Waals surface area (Å²) >= 11 is 0. The van der Waals surface area contributed by atoms with E-state index in [2.05, 4.69) is 10.6 Å². The topological polar surface area (TPSA) is 114 Å². The molecule has 1 aromatic carbocycles. The SMILES string of the molecule is CC(C)C[C@@H](NC(=O)CNC(=O)[C@@H]1CCCN1C(=O)OC(C)(C)C)C(=O)OCc1ccccc1. The van der Waals surface area contributed by atoms with Gasteiger partial charge in [-0.05, 0) is 51.5 Å². The number of rotatable bonds is 9. The van der Waals surface area contributed by atoms with Gasteiger partial charge in [-0.2, -0.15) is 0 Å². The lowest BCUT2D eigenvalue weighted by Crippen LogP contribution is -2.51. The van der Waals surface area contributed by atoms with E-state index in [1.165, 1.54) is 4.90 Å². The van der Waals surface area contributed by atoms with E-state index in [0.29, 0.717) is 25.8 Å². The number of carbonyl (C=O) groups excluding carboxylic acids is 4. The van der Waals surface area contributed by atoms with Gasteiger partial charge in [-0.15, -0.1) is 0 Å². The number of benzene rings is 1. The molecule has 0 saturated carbocycles. The molecule has 2 N–H and O–H groups in total. The number of nitrogens with zero attached hydrogens (tertiary/aromatic N) is 1. The van der Waals surface area contributed by atoms with Crippen LogP contribution in [0.3, 0.4) is 0 Å². The Kier molecular flexibility index (Phi) is 9.89. The third-order valence-electron chi connectivity index (χ3n) is 5.16. The monoisotopic (exact) mass is 475 g/mol. The van der Waals surface area contributed by atoms with E-state index in [1.807, 2.05) is 44.2 Å². The van der Waals surface area contributed by atoms with E-state index in [9.17, 15) is 19.2 Å². The third kappa shape index (κ3) is 9.03. The van der Waals surface area contributed by atoms with Crippen molar-refractivity contribution in [3.8, 4) is 0 Å². The zero-order valence-corrected chi connectivity index (χ0v) is 20.8. The Morgan fingerprint density at radius 3 is 2.41 bits per heavy atom. The summed E-state index contributed by atoms with van der Waals surface area (Å²) < 4.78 is 10.8. The van der Waals surface area contributed by atoms with Crippen LogP contribution in [0, 0.1) is 5.92 Å². The molecule has 0 bridgehead atoms. The van der Waals surface area contributed by atoms with Crippen LogP contribution >= 0.6 is 0 Å². The van der Waals surface area contributed by atoms with Gasteiger partial charge >= 0.3 is 12.1 Å². The van der Waals surface area contributed by atoms with Gasteiger partial charge in [-0.1, -0.05) is 44.2 Å². The van der Waals surface area contributed by atoms with Crippen LogP contribution in [-0.2, 0) is 30.5 Å². The molecule has 34 heavy (non-hydrogen) atoms. The van der Waals surface area contributed by atoms with Crippen LogP contribution in [0.5, 0.6) is 0 Å². The van der Waals surface area contributed by atoms with Crippen molar-refractivity contribution in [1.82, 2.24) is 15.5 Å². The summed E-state index contributed by atoms with van der Waals surface area (Å²) in [5.41, 5.74) is 0.185. The molecule has 1 heterocycles. The highest BCUT2D eigenvalue weighted by Crippen LogP contribution is 2.21. The number of carbonyl (C=O) groups is 4. The minimum absolute atomic E-state index is 0.114. The van der Waals surface area contributed by atoms with Crippen LogP contribution in [0.15, 0.2) is 30.3 Å². The average molecular weight is 476 g/mol. The molecule has 3 amide bonds. The van der Waals surface area contributed by atoms with Crippen LogP contribution in [-0.4, -0.2) is 59.6 Å². The van der Waals surface area contributed by atoms with Crippen LogP contribution in [0.25, 0.3) is 0 Å². The molecule has 0 spiro atoms. The molecule has 1 fully saturated rings. The molecule has 1 aromatic rings. The largest absolute Gasteiger partial charge is 0.459 e. The Hall–Kier alpha value is -3.10. The first-order valence-corrected chi connectivity index (χ1v) is 11.7. The van der Waals surface area contributed by atoms with E-state index in [-0.39, 0.29) is 19.1 Å². The first-order chi connectivity index (χ1) is 16.0. The smallest absolute Gasteiger partial charge is 0.410 e. The minimum atomic E-state index is -0.821. The molecule has 0 unspecified atom stereocenters. The lowest BCUT2D eigenvalue weighted by molar-refractivity contribution is -0.149. The second-order valence-electron chi connectivity index (χ2n) is 9.89. The second kappa shape index (κ2) is 12.4. The molecule has 0 aromatic heterocycles. The van der Waals surface area contributed by atoms with Gasteiger partial charge in [-0.3, -0.25) is 14.5 Å². The van der Waals surface area contributed by atoms with Crippen LogP contribution < -0.4 is 10.6 Å². The molecule has 1 aliphatic heterocycles. The predicted octanol–water partition coefficient (Wildman–Crippen LogP) is 2.78. The summed E-state index contributed by atoms with van der Waals surface area (Å²) in [5, 5.41) is 5.24. The van der Waals surface area contributed by atoms with Crippen molar-refractivity contribution in [3.63, 3.8) is 0 Å². The number of ether oxygens (including phenoxy) is 2. The van der Waals surface area contributed by atoms with Gasteiger partial charge in [0.05, 0.1) is 6.54 Å². The zero-order chi connectivity index (χ0) is 25.3. The molecule has 9 nitrogen and oxygen atoms in total. The highest BCUT2D eigenvalue weighted by molar-refractivity contribution is 5.91. The summed E-state index contributed by atoms with van der Waals surface area (Å²) in [7, 11) is 0. The van der Waals surface area contributed by atoms with Gasteiger partial charge < -0.3 is 20.1 Å². The predicted molar refractivity (Wildman–Crippen MR) is 127 cm³/mol. The molecule has 2 atom stereocenters. The lowest BCUT2D eigenvalue weighted by Gasteiger charge is -2.28. The number of likely N-dealkylation sites (tertiary alicyclic amines) is 1. The van der Waals surface area contributed by atoms with Crippen LogP contribution in [0.2, 0.25) is 0 Å². The van der Waals surface area contributed by atoms with Crippen molar-refractivity contribution in [2.75, 3.05) is 13.1 Å². The van der Waals surface area contributed by atoms with Crippen LogP contribution in [0.1, 0.15) is 59.4 Å². The highest BCUT2D eigenvalue weighted by Gasteiger charge is 2.36. The van der Waals surface area contributed by atoms with Gasteiger partial charge in [0.1, 0.15) is 24.3 Å². The molecule has 188 valence electrons. The number of nitrogens with one attached hydrogen (secondary N) is 2. The summed E-state index contributed by atoms with van der Waals surface area (Å²) in [6.45, 7) is 9.40. The number of esters is 1. The second-order valence-corrected chi connectivity index (χ2v) is 9.89.